The minimum Gasteiger partial charge on any atom is -0.388 e. The van der Waals surface area contributed by atoms with Crippen molar-refractivity contribution in [3.63, 3.8) is 0 Å². The number of carbonyl (C=O) groups is 1. The summed E-state index contributed by atoms with van der Waals surface area (Å²) >= 11 is 0. The first-order valence-electron chi connectivity index (χ1n) is 8.44. The van der Waals surface area contributed by atoms with Crippen LogP contribution in [0.5, 0.6) is 0 Å². The molecule has 1 aliphatic heterocycles. The highest BCUT2D eigenvalue weighted by Crippen LogP contribution is 2.41. The molecule has 1 aromatic rings. The first-order valence-corrected chi connectivity index (χ1v) is 8.44. The Morgan fingerprint density at radius 2 is 2.22 bits per heavy atom. The molecule has 1 aliphatic carbocycles. The van der Waals surface area contributed by atoms with E-state index in [-0.39, 0.29) is 23.6 Å². The maximum absolute atomic E-state index is 13.2. The van der Waals surface area contributed by atoms with Gasteiger partial charge in [-0.1, -0.05) is 24.3 Å². The molecule has 4 heteroatoms. The minimum atomic E-state index is -0.942. The van der Waals surface area contributed by atoms with Gasteiger partial charge >= 0.3 is 0 Å². The highest BCUT2D eigenvalue weighted by Gasteiger charge is 2.37. The van der Waals surface area contributed by atoms with Gasteiger partial charge in [-0.2, -0.15) is 0 Å². The van der Waals surface area contributed by atoms with Crippen molar-refractivity contribution >= 4 is 5.91 Å². The zero-order valence-electron chi connectivity index (χ0n) is 13.4. The second-order valence-corrected chi connectivity index (χ2v) is 6.91. The fraction of sp³-hybridized carbons (Fsp3) is 0.526. The van der Waals surface area contributed by atoms with Crippen LogP contribution in [-0.4, -0.2) is 29.0 Å². The Morgan fingerprint density at radius 1 is 1.35 bits per heavy atom. The van der Waals surface area contributed by atoms with Crippen molar-refractivity contribution < 1.29 is 14.3 Å². The number of allylic oxidation sites excluding steroid dienone is 2. The summed E-state index contributed by atoms with van der Waals surface area (Å²) in [5, 5.41) is 10.2. The van der Waals surface area contributed by atoms with Crippen molar-refractivity contribution in [3.8, 4) is 0 Å². The van der Waals surface area contributed by atoms with E-state index >= 15 is 0 Å². The summed E-state index contributed by atoms with van der Waals surface area (Å²) < 4.78 is 13.2. The Balaban J connectivity index is 1.62. The van der Waals surface area contributed by atoms with Crippen LogP contribution in [0, 0.1) is 11.2 Å². The Hall–Kier alpha value is -1.68. The van der Waals surface area contributed by atoms with Gasteiger partial charge in [-0.15, -0.1) is 0 Å². The van der Waals surface area contributed by atoms with E-state index in [0.29, 0.717) is 5.56 Å². The summed E-state index contributed by atoms with van der Waals surface area (Å²) in [5.41, 5.74) is 0.692. The molecule has 23 heavy (non-hydrogen) atoms. The smallest absolute Gasteiger partial charge is 0.225 e. The number of hydrogen-bond donors (Lipinski definition) is 1. The zero-order valence-corrected chi connectivity index (χ0v) is 13.4. The molecule has 1 amide bonds. The topological polar surface area (TPSA) is 40.5 Å². The van der Waals surface area contributed by atoms with Crippen LogP contribution < -0.4 is 0 Å². The molecule has 1 spiro atoms. The van der Waals surface area contributed by atoms with Gasteiger partial charge in [0.25, 0.3) is 0 Å². The molecule has 2 unspecified atom stereocenters. The molecule has 1 aromatic carbocycles. The summed E-state index contributed by atoms with van der Waals surface area (Å²) in [6, 6.07) is 5.85. The predicted octanol–water partition coefficient (Wildman–Crippen LogP) is 3.60. The Morgan fingerprint density at radius 3 is 2.96 bits per heavy atom. The first-order chi connectivity index (χ1) is 11.1. The van der Waals surface area contributed by atoms with Gasteiger partial charge in [0.1, 0.15) is 5.82 Å². The second kappa shape index (κ2) is 6.83. The van der Waals surface area contributed by atoms with Crippen molar-refractivity contribution in [2.75, 3.05) is 13.1 Å². The number of benzene rings is 1. The van der Waals surface area contributed by atoms with Crippen LogP contribution in [0.3, 0.4) is 0 Å². The van der Waals surface area contributed by atoms with Crippen molar-refractivity contribution in [2.45, 2.75) is 44.6 Å². The average molecular weight is 317 g/mol. The lowest BCUT2D eigenvalue weighted by atomic mass is 9.71. The molecule has 1 heterocycles. The van der Waals surface area contributed by atoms with Crippen molar-refractivity contribution in [2.24, 2.45) is 5.41 Å². The van der Waals surface area contributed by atoms with Gasteiger partial charge in [-0.05, 0) is 55.2 Å². The molecule has 3 nitrogen and oxygen atoms in total. The summed E-state index contributed by atoms with van der Waals surface area (Å²) in [5.74, 6) is -0.421. The number of amides is 1. The summed E-state index contributed by atoms with van der Waals surface area (Å²) in [6.45, 7) is 1.55. The minimum absolute atomic E-state index is 0.0232. The lowest BCUT2D eigenvalue weighted by molar-refractivity contribution is -0.137. The van der Waals surface area contributed by atoms with Gasteiger partial charge < -0.3 is 10.0 Å². The fourth-order valence-corrected chi connectivity index (χ4v) is 3.86. The van der Waals surface area contributed by atoms with Crippen LogP contribution in [-0.2, 0) is 4.79 Å². The van der Waals surface area contributed by atoms with Crippen LogP contribution in [0.1, 0.15) is 50.2 Å². The predicted molar refractivity (Wildman–Crippen MR) is 87.2 cm³/mol. The summed E-state index contributed by atoms with van der Waals surface area (Å²) in [7, 11) is 0. The van der Waals surface area contributed by atoms with Crippen LogP contribution in [0.25, 0.3) is 0 Å². The highest BCUT2D eigenvalue weighted by atomic mass is 19.1. The average Bonchev–Trinajstić information content (AvgIpc) is 2.55. The number of hydrogen-bond acceptors (Lipinski definition) is 2. The Kier molecular flexibility index (Phi) is 4.81. The van der Waals surface area contributed by atoms with E-state index in [0.717, 1.165) is 38.8 Å². The lowest BCUT2D eigenvalue weighted by Gasteiger charge is -2.44. The number of aliphatic hydroxyl groups is 1. The SMILES string of the molecule is O=C(CC(O)c1cccc(F)c1)N1CCCC2(CC=CCC2)C1. The zero-order chi connectivity index (χ0) is 16.3. The van der Waals surface area contributed by atoms with Crippen molar-refractivity contribution in [1.82, 2.24) is 4.90 Å². The van der Waals surface area contributed by atoms with E-state index in [1.165, 1.54) is 18.6 Å². The van der Waals surface area contributed by atoms with Crippen molar-refractivity contribution in [1.29, 1.82) is 0 Å². The second-order valence-electron chi connectivity index (χ2n) is 6.91. The van der Waals surface area contributed by atoms with Crippen LogP contribution in [0.15, 0.2) is 36.4 Å². The molecule has 0 radical (unpaired) electrons. The molecule has 0 bridgehead atoms. The molecular formula is C19H24FNO2. The van der Waals surface area contributed by atoms with Gasteiger partial charge in [0.2, 0.25) is 5.91 Å². The summed E-state index contributed by atoms with van der Waals surface area (Å²) in [6.07, 6.45) is 9.01. The van der Waals surface area contributed by atoms with Gasteiger partial charge in [0, 0.05) is 13.1 Å². The Labute approximate surface area is 136 Å². The maximum atomic E-state index is 13.2. The molecular weight excluding hydrogens is 293 g/mol. The number of likely N-dealkylation sites (tertiary alicyclic amines) is 1. The molecule has 3 rings (SSSR count). The normalized spacial score (nSPS) is 25.6. The fourth-order valence-electron chi connectivity index (χ4n) is 3.86. The molecule has 0 aromatic heterocycles. The molecule has 2 atom stereocenters. The molecule has 0 saturated carbocycles. The number of nitrogens with zero attached hydrogens (tertiary/aromatic N) is 1. The largest absolute Gasteiger partial charge is 0.388 e. The van der Waals surface area contributed by atoms with Crippen molar-refractivity contribution in [3.05, 3.63) is 47.8 Å². The monoisotopic (exact) mass is 317 g/mol. The number of piperidine rings is 1. The van der Waals surface area contributed by atoms with E-state index in [2.05, 4.69) is 12.2 Å². The number of aliphatic hydroxyl groups excluding tert-OH is 1. The molecule has 1 fully saturated rings. The van der Waals surface area contributed by atoms with E-state index in [4.69, 9.17) is 0 Å². The van der Waals surface area contributed by atoms with E-state index in [9.17, 15) is 14.3 Å². The van der Waals surface area contributed by atoms with Gasteiger partial charge in [0.05, 0.1) is 12.5 Å². The molecule has 2 aliphatic rings. The molecule has 1 saturated heterocycles. The number of carbonyl (C=O) groups excluding carboxylic acids is 1. The Bertz CT molecular complexity index is 601. The lowest BCUT2D eigenvalue weighted by Crippen LogP contribution is -2.46. The van der Waals surface area contributed by atoms with E-state index in [1.807, 2.05) is 4.90 Å². The number of rotatable bonds is 3. The van der Waals surface area contributed by atoms with Gasteiger partial charge in [-0.3, -0.25) is 4.79 Å². The third-order valence-corrected chi connectivity index (χ3v) is 5.17. The standard InChI is InChI=1S/C19H24FNO2/c20-16-7-4-6-15(12-16)17(22)13-18(23)21-11-5-10-19(14-21)8-2-1-3-9-19/h1-2,4,6-7,12,17,22H,3,5,8-11,13-14H2. The van der Waals surface area contributed by atoms with Crippen LogP contribution >= 0.6 is 0 Å². The summed E-state index contributed by atoms with van der Waals surface area (Å²) in [4.78, 5) is 14.4. The van der Waals surface area contributed by atoms with E-state index in [1.54, 1.807) is 12.1 Å². The van der Waals surface area contributed by atoms with Crippen LogP contribution in [0.2, 0.25) is 0 Å². The van der Waals surface area contributed by atoms with E-state index < -0.39 is 6.10 Å². The molecule has 124 valence electrons. The molecule has 1 N–H and O–H groups in total. The van der Waals surface area contributed by atoms with Gasteiger partial charge in [-0.25, -0.2) is 4.39 Å². The van der Waals surface area contributed by atoms with Crippen LogP contribution in [0.4, 0.5) is 4.39 Å². The van der Waals surface area contributed by atoms with Gasteiger partial charge in [0.15, 0.2) is 0 Å². The first kappa shape index (κ1) is 16.2. The third kappa shape index (κ3) is 3.81. The number of halogens is 1. The maximum Gasteiger partial charge on any atom is 0.225 e. The highest BCUT2D eigenvalue weighted by molar-refractivity contribution is 5.77. The third-order valence-electron chi connectivity index (χ3n) is 5.17. The quantitative estimate of drug-likeness (QED) is 0.865.